The van der Waals surface area contributed by atoms with Gasteiger partial charge in [0.1, 0.15) is 0 Å². The van der Waals surface area contributed by atoms with Crippen LogP contribution in [0.3, 0.4) is 0 Å². The minimum atomic E-state index is -0.907. The van der Waals surface area contributed by atoms with Gasteiger partial charge in [0.2, 0.25) is 0 Å². The maximum atomic E-state index is 10.6. The van der Waals surface area contributed by atoms with E-state index in [1.807, 2.05) is 42.5 Å². The molecule has 2 unspecified atom stereocenters. The Morgan fingerprint density at radius 3 is 1.89 bits per heavy atom. The SMILES string of the molecule is CC(CCOC(O)c1cccc2ccccc12)c1cccc2ccccc12. The molecule has 0 saturated heterocycles. The summed E-state index contributed by atoms with van der Waals surface area (Å²) in [5.74, 6) is 0.357. The Hall–Kier alpha value is -2.68. The number of benzene rings is 4. The zero-order chi connectivity index (χ0) is 18.6. The minimum Gasteiger partial charge on any atom is -0.364 e. The summed E-state index contributed by atoms with van der Waals surface area (Å²) in [6.45, 7) is 2.73. The fourth-order valence-corrected chi connectivity index (χ4v) is 3.75. The maximum absolute atomic E-state index is 10.6. The molecule has 0 aliphatic rings. The molecule has 0 spiro atoms. The van der Waals surface area contributed by atoms with Gasteiger partial charge in [-0.2, -0.15) is 0 Å². The van der Waals surface area contributed by atoms with E-state index < -0.39 is 6.29 Å². The lowest BCUT2D eigenvalue weighted by molar-refractivity contribution is -0.103. The molecule has 0 saturated carbocycles. The number of fused-ring (bicyclic) bond motifs is 2. The first kappa shape index (κ1) is 17.7. The normalized spacial score (nSPS) is 13.7. The third kappa shape index (κ3) is 3.73. The summed E-state index contributed by atoms with van der Waals surface area (Å²) in [4.78, 5) is 0. The highest BCUT2D eigenvalue weighted by molar-refractivity contribution is 5.86. The van der Waals surface area contributed by atoms with Crippen molar-refractivity contribution in [2.45, 2.75) is 25.6 Å². The van der Waals surface area contributed by atoms with Crippen molar-refractivity contribution < 1.29 is 9.84 Å². The van der Waals surface area contributed by atoms with Crippen LogP contribution in [-0.2, 0) is 4.74 Å². The molecule has 4 aromatic rings. The second-order valence-corrected chi connectivity index (χ2v) is 7.05. The van der Waals surface area contributed by atoms with Crippen LogP contribution in [-0.4, -0.2) is 11.7 Å². The van der Waals surface area contributed by atoms with Crippen molar-refractivity contribution in [2.24, 2.45) is 0 Å². The fourth-order valence-electron chi connectivity index (χ4n) is 3.75. The first-order valence-corrected chi connectivity index (χ1v) is 9.49. The molecule has 0 aliphatic carbocycles. The lowest BCUT2D eigenvalue weighted by Crippen LogP contribution is -2.08. The van der Waals surface area contributed by atoms with Gasteiger partial charge in [-0.05, 0) is 39.4 Å². The van der Waals surface area contributed by atoms with Gasteiger partial charge in [0.15, 0.2) is 6.29 Å². The van der Waals surface area contributed by atoms with Crippen LogP contribution in [0.4, 0.5) is 0 Å². The Balaban J connectivity index is 1.44. The van der Waals surface area contributed by atoms with E-state index in [0.717, 1.165) is 22.8 Å². The third-order valence-electron chi connectivity index (χ3n) is 5.27. The van der Waals surface area contributed by atoms with E-state index in [9.17, 15) is 5.11 Å². The summed E-state index contributed by atoms with van der Waals surface area (Å²) in [6.07, 6.45) is -0.0497. The molecule has 0 heterocycles. The molecule has 136 valence electrons. The van der Waals surface area contributed by atoms with E-state index >= 15 is 0 Å². The maximum Gasteiger partial charge on any atom is 0.181 e. The second kappa shape index (κ2) is 7.91. The Labute approximate surface area is 160 Å². The molecule has 4 rings (SSSR count). The van der Waals surface area contributed by atoms with Gasteiger partial charge in [-0.3, -0.25) is 0 Å². The van der Waals surface area contributed by atoms with E-state index in [2.05, 4.69) is 49.4 Å². The van der Waals surface area contributed by atoms with Crippen molar-refractivity contribution in [1.82, 2.24) is 0 Å². The van der Waals surface area contributed by atoms with Gasteiger partial charge < -0.3 is 9.84 Å². The predicted octanol–water partition coefficient (Wildman–Crippen LogP) is 6.19. The number of aliphatic hydroxyl groups excluding tert-OH is 1. The Morgan fingerprint density at radius 1 is 0.704 bits per heavy atom. The lowest BCUT2D eigenvalue weighted by Gasteiger charge is -2.18. The van der Waals surface area contributed by atoms with Crippen LogP contribution in [0.25, 0.3) is 21.5 Å². The first-order valence-electron chi connectivity index (χ1n) is 9.49. The minimum absolute atomic E-state index is 0.357. The number of aliphatic hydroxyl groups is 1. The fraction of sp³-hybridized carbons (Fsp3) is 0.200. The van der Waals surface area contributed by atoms with Gasteiger partial charge in [-0.25, -0.2) is 0 Å². The van der Waals surface area contributed by atoms with E-state index in [1.165, 1.54) is 16.3 Å². The molecule has 2 heteroatoms. The van der Waals surface area contributed by atoms with Crippen molar-refractivity contribution in [3.63, 3.8) is 0 Å². The largest absolute Gasteiger partial charge is 0.364 e. The molecule has 0 fully saturated rings. The van der Waals surface area contributed by atoms with Crippen molar-refractivity contribution in [1.29, 1.82) is 0 Å². The Morgan fingerprint density at radius 2 is 1.22 bits per heavy atom. The zero-order valence-corrected chi connectivity index (χ0v) is 15.5. The second-order valence-electron chi connectivity index (χ2n) is 7.05. The standard InChI is InChI=1S/C25H24O2/c1-18(21-14-6-10-19-8-2-4-12-22(19)21)16-17-27-25(26)24-15-7-11-20-9-3-5-13-23(20)24/h2-15,18,25-26H,16-17H2,1H3. The average molecular weight is 356 g/mol. The molecular formula is C25H24O2. The van der Waals surface area contributed by atoms with Gasteiger partial charge in [0.25, 0.3) is 0 Å². The van der Waals surface area contributed by atoms with Crippen LogP contribution in [0, 0.1) is 0 Å². The highest BCUT2D eigenvalue weighted by Gasteiger charge is 2.14. The van der Waals surface area contributed by atoms with E-state index in [0.29, 0.717) is 12.5 Å². The van der Waals surface area contributed by atoms with Gasteiger partial charge in [0, 0.05) is 5.56 Å². The summed E-state index contributed by atoms with van der Waals surface area (Å²) in [7, 11) is 0. The summed E-state index contributed by atoms with van der Waals surface area (Å²) >= 11 is 0. The third-order valence-corrected chi connectivity index (χ3v) is 5.27. The highest BCUT2D eigenvalue weighted by Crippen LogP contribution is 2.29. The Kier molecular flexibility index (Phi) is 5.19. The van der Waals surface area contributed by atoms with Crippen LogP contribution in [0.1, 0.15) is 36.7 Å². The summed E-state index contributed by atoms with van der Waals surface area (Å²) in [6, 6.07) is 28.9. The number of hydrogen-bond acceptors (Lipinski definition) is 2. The zero-order valence-electron chi connectivity index (χ0n) is 15.5. The highest BCUT2D eigenvalue weighted by atomic mass is 16.6. The van der Waals surface area contributed by atoms with E-state index in [4.69, 9.17) is 4.74 Å². The molecule has 4 aromatic carbocycles. The van der Waals surface area contributed by atoms with Crippen LogP contribution < -0.4 is 0 Å². The molecule has 2 atom stereocenters. The quantitative estimate of drug-likeness (QED) is 0.417. The molecule has 1 N–H and O–H groups in total. The number of hydrogen-bond donors (Lipinski definition) is 1. The summed E-state index contributed by atoms with van der Waals surface area (Å²) < 4.78 is 5.80. The van der Waals surface area contributed by atoms with Crippen LogP contribution >= 0.6 is 0 Å². The Bertz CT molecular complexity index is 958. The summed E-state index contributed by atoms with van der Waals surface area (Å²) in [5, 5.41) is 15.3. The van der Waals surface area contributed by atoms with Gasteiger partial charge in [0.05, 0.1) is 6.61 Å². The topological polar surface area (TPSA) is 29.5 Å². The van der Waals surface area contributed by atoms with Crippen LogP contribution in [0.2, 0.25) is 0 Å². The molecule has 2 nitrogen and oxygen atoms in total. The monoisotopic (exact) mass is 356 g/mol. The molecule has 0 aliphatic heterocycles. The van der Waals surface area contributed by atoms with Crippen LogP contribution in [0.15, 0.2) is 84.9 Å². The molecule has 0 radical (unpaired) electrons. The van der Waals surface area contributed by atoms with Gasteiger partial charge in [-0.15, -0.1) is 0 Å². The van der Waals surface area contributed by atoms with Crippen molar-refractivity contribution in [3.8, 4) is 0 Å². The van der Waals surface area contributed by atoms with Crippen molar-refractivity contribution in [3.05, 3.63) is 96.1 Å². The molecular weight excluding hydrogens is 332 g/mol. The number of rotatable bonds is 6. The lowest BCUT2D eigenvalue weighted by atomic mass is 9.93. The summed E-state index contributed by atoms with van der Waals surface area (Å²) in [5.41, 5.74) is 2.15. The number of ether oxygens (including phenoxy) is 1. The van der Waals surface area contributed by atoms with E-state index in [1.54, 1.807) is 0 Å². The molecule has 0 aromatic heterocycles. The predicted molar refractivity (Wildman–Crippen MR) is 112 cm³/mol. The molecule has 27 heavy (non-hydrogen) atoms. The smallest absolute Gasteiger partial charge is 0.181 e. The van der Waals surface area contributed by atoms with Crippen LogP contribution in [0.5, 0.6) is 0 Å². The molecule has 0 amide bonds. The first-order chi connectivity index (χ1) is 13.2. The van der Waals surface area contributed by atoms with Crippen molar-refractivity contribution >= 4 is 21.5 Å². The molecule has 0 bridgehead atoms. The average Bonchev–Trinajstić information content (AvgIpc) is 2.72. The van der Waals surface area contributed by atoms with Gasteiger partial charge in [-0.1, -0.05) is 91.9 Å². The van der Waals surface area contributed by atoms with E-state index in [-0.39, 0.29) is 0 Å². The van der Waals surface area contributed by atoms with Gasteiger partial charge >= 0.3 is 0 Å². The van der Waals surface area contributed by atoms with Crippen molar-refractivity contribution in [2.75, 3.05) is 6.61 Å².